The molecule has 0 spiro atoms. The van der Waals surface area contributed by atoms with Crippen LogP contribution in [0.2, 0.25) is 0 Å². The van der Waals surface area contributed by atoms with Gasteiger partial charge < -0.3 is 10.2 Å². The maximum absolute atomic E-state index is 12.0. The predicted octanol–water partition coefficient (Wildman–Crippen LogP) is 1.14. The van der Waals surface area contributed by atoms with Crippen LogP contribution < -0.4 is 10.5 Å². The maximum Gasteiger partial charge on any atom is 0.274 e. The molecule has 0 bridgehead atoms. The van der Waals surface area contributed by atoms with Crippen molar-refractivity contribution in [2.75, 3.05) is 13.1 Å². The van der Waals surface area contributed by atoms with Crippen LogP contribution in [0.25, 0.3) is 0 Å². The molecule has 0 radical (unpaired) electrons. The number of hydrogen-bond acceptors (Lipinski definition) is 5. The van der Waals surface area contributed by atoms with Gasteiger partial charge in [0.25, 0.3) is 10.0 Å². The molecule has 7 heteroatoms. The van der Waals surface area contributed by atoms with Crippen molar-refractivity contribution in [2.24, 2.45) is 5.73 Å². The summed E-state index contributed by atoms with van der Waals surface area (Å²) < 4.78 is 31.7. The highest BCUT2D eigenvalue weighted by Gasteiger charge is 2.19. The molecular weight excluding hydrogens is 278 g/mol. The molecule has 0 aliphatic heterocycles. The second-order valence-electron chi connectivity index (χ2n) is 5.25. The fraction of sp³-hybridized carbons (Fsp3) is 0.692. The summed E-state index contributed by atoms with van der Waals surface area (Å²) in [4.78, 5) is 2.22. The predicted molar refractivity (Wildman–Crippen MR) is 78.8 cm³/mol. The van der Waals surface area contributed by atoms with Crippen LogP contribution in [0, 0.1) is 0 Å². The number of furan rings is 1. The molecule has 0 aliphatic rings. The first-order chi connectivity index (χ1) is 9.27. The van der Waals surface area contributed by atoms with Gasteiger partial charge in [0.15, 0.2) is 0 Å². The van der Waals surface area contributed by atoms with E-state index in [2.05, 4.69) is 37.3 Å². The molecule has 0 aromatic carbocycles. The van der Waals surface area contributed by atoms with E-state index in [1.54, 1.807) is 6.07 Å². The zero-order valence-electron chi connectivity index (χ0n) is 12.6. The number of sulfonamides is 1. The fourth-order valence-electron chi connectivity index (χ4n) is 2.11. The van der Waals surface area contributed by atoms with Crippen LogP contribution in [0.3, 0.4) is 0 Å². The van der Waals surface area contributed by atoms with E-state index in [1.807, 2.05) is 0 Å². The number of nitrogens with one attached hydrogen (secondary N) is 1. The molecule has 1 aromatic heterocycles. The molecule has 0 amide bonds. The molecule has 20 heavy (non-hydrogen) atoms. The summed E-state index contributed by atoms with van der Waals surface area (Å²) in [5, 5.41) is -0.0846. The van der Waals surface area contributed by atoms with Crippen LogP contribution in [0.15, 0.2) is 21.6 Å². The Kier molecular flexibility index (Phi) is 6.19. The number of nitrogens with two attached hydrogens (primary N) is 1. The molecule has 1 heterocycles. The van der Waals surface area contributed by atoms with Gasteiger partial charge in [-0.15, -0.1) is 0 Å². The lowest BCUT2D eigenvalue weighted by Gasteiger charge is -2.30. The average molecular weight is 303 g/mol. The number of nitrogens with zero attached hydrogens (tertiary/aromatic N) is 1. The van der Waals surface area contributed by atoms with Gasteiger partial charge in [-0.1, -0.05) is 0 Å². The van der Waals surface area contributed by atoms with Crippen molar-refractivity contribution in [2.45, 2.75) is 51.4 Å². The Balaban J connectivity index is 2.60. The lowest BCUT2D eigenvalue weighted by Crippen LogP contribution is -2.42. The molecule has 0 unspecified atom stereocenters. The Morgan fingerprint density at radius 3 is 2.30 bits per heavy atom. The first kappa shape index (κ1) is 17.2. The Bertz CT molecular complexity index is 501. The van der Waals surface area contributed by atoms with E-state index < -0.39 is 10.0 Å². The highest BCUT2D eigenvalue weighted by molar-refractivity contribution is 7.89. The molecule has 0 aliphatic carbocycles. The van der Waals surface area contributed by atoms with Gasteiger partial charge in [0.1, 0.15) is 5.76 Å². The van der Waals surface area contributed by atoms with Gasteiger partial charge in [-0.2, -0.15) is 0 Å². The van der Waals surface area contributed by atoms with Gasteiger partial charge in [-0.25, -0.2) is 13.1 Å². The third kappa shape index (κ3) is 4.59. The summed E-state index contributed by atoms with van der Waals surface area (Å²) >= 11 is 0. The minimum atomic E-state index is -3.60. The first-order valence-electron chi connectivity index (χ1n) is 6.82. The smallest absolute Gasteiger partial charge is 0.274 e. The van der Waals surface area contributed by atoms with E-state index >= 15 is 0 Å². The maximum atomic E-state index is 12.0. The van der Waals surface area contributed by atoms with E-state index in [1.165, 1.54) is 6.07 Å². The minimum absolute atomic E-state index is 0.0846. The van der Waals surface area contributed by atoms with Crippen LogP contribution in [0.5, 0.6) is 0 Å². The van der Waals surface area contributed by atoms with E-state index in [4.69, 9.17) is 10.2 Å². The minimum Gasteiger partial charge on any atom is -0.447 e. The molecule has 0 saturated carbocycles. The van der Waals surface area contributed by atoms with E-state index in [0.29, 0.717) is 30.9 Å². The average Bonchev–Trinajstić information content (AvgIpc) is 2.83. The Hall–Kier alpha value is -0.890. The van der Waals surface area contributed by atoms with Crippen LogP contribution in [-0.2, 0) is 16.6 Å². The zero-order valence-corrected chi connectivity index (χ0v) is 13.4. The summed E-state index contributed by atoms with van der Waals surface area (Å²) in [6.45, 7) is 9.55. The third-order valence-electron chi connectivity index (χ3n) is 3.09. The first-order valence-corrected chi connectivity index (χ1v) is 8.30. The van der Waals surface area contributed by atoms with E-state index in [-0.39, 0.29) is 11.6 Å². The van der Waals surface area contributed by atoms with Crippen molar-refractivity contribution in [1.29, 1.82) is 0 Å². The van der Waals surface area contributed by atoms with Crippen LogP contribution in [0.4, 0.5) is 0 Å². The Morgan fingerprint density at radius 2 is 1.85 bits per heavy atom. The van der Waals surface area contributed by atoms with Crippen LogP contribution >= 0.6 is 0 Å². The third-order valence-corrected chi connectivity index (χ3v) is 4.43. The summed E-state index contributed by atoms with van der Waals surface area (Å²) in [6, 6.07) is 3.73. The second-order valence-corrected chi connectivity index (χ2v) is 6.95. The highest BCUT2D eigenvalue weighted by Crippen LogP contribution is 2.13. The van der Waals surface area contributed by atoms with Gasteiger partial charge in [0, 0.05) is 25.2 Å². The molecule has 1 rings (SSSR count). The Labute approximate surface area is 121 Å². The molecule has 0 saturated heterocycles. The normalized spacial score (nSPS) is 12.8. The van der Waals surface area contributed by atoms with Crippen LogP contribution in [0.1, 0.15) is 33.5 Å². The van der Waals surface area contributed by atoms with Crippen molar-refractivity contribution in [1.82, 2.24) is 9.62 Å². The summed E-state index contributed by atoms with van der Waals surface area (Å²) in [6.07, 6.45) is 0. The van der Waals surface area contributed by atoms with Gasteiger partial charge in [0.2, 0.25) is 5.09 Å². The monoisotopic (exact) mass is 303 g/mol. The molecular formula is C13H25N3O3S. The van der Waals surface area contributed by atoms with E-state index in [0.717, 1.165) is 0 Å². The van der Waals surface area contributed by atoms with Crippen molar-refractivity contribution >= 4 is 10.0 Å². The van der Waals surface area contributed by atoms with Gasteiger partial charge in [0.05, 0.1) is 6.54 Å². The largest absolute Gasteiger partial charge is 0.447 e. The van der Waals surface area contributed by atoms with Gasteiger partial charge in [-0.05, 0) is 39.8 Å². The molecule has 6 nitrogen and oxygen atoms in total. The lowest BCUT2D eigenvalue weighted by molar-refractivity contribution is 0.179. The van der Waals surface area contributed by atoms with Crippen molar-refractivity contribution in [3.05, 3.63) is 17.9 Å². The quantitative estimate of drug-likeness (QED) is 0.751. The van der Waals surface area contributed by atoms with E-state index in [9.17, 15) is 8.42 Å². The Morgan fingerprint density at radius 1 is 1.25 bits per heavy atom. The zero-order chi connectivity index (χ0) is 15.3. The summed E-state index contributed by atoms with van der Waals surface area (Å²) in [5.74, 6) is 0.455. The van der Waals surface area contributed by atoms with Crippen molar-refractivity contribution in [3.63, 3.8) is 0 Å². The molecule has 0 atom stereocenters. The molecule has 3 N–H and O–H groups in total. The highest BCUT2D eigenvalue weighted by atomic mass is 32.2. The molecule has 0 fully saturated rings. The lowest BCUT2D eigenvalue weighted by atomic mass is 10.2. The second kappa shape index (κ2) is 7.21. The number of hydrogen-bond donors (Lipinski definition) is 2. The summed E-state index contributed by atoms with van der Waals surface area (Å²) in [7, 11) is -3.60. The standard InChI is InChI=1S/C13H25N3O3S/c1-10(2)16(11(3)4)8-7-15-20(17,18)13-6-5-12(9-14)19-13/h5-6,10-11,15H,7-9,14H2,1-4H3. The fourth-order valence-corrected chi connectivity index (χ4v) is 3.07. The van der Waals surface area contributed by atoms with Gasteiger partial charge in [-0.3, -0.25) is 4.90 Å². The topological polar surface area (TPSA) is 88.6 Å². The molecule has 116 valence electrons. The van der Waals surface area contributed by atoms with Crippen molar-refractivity contribution < 1.29 is 12.8 Å². The SMILES string of the molecule is CC(C)N(CCNS(=O)(=O)c1ccc(CN)o1)C(C)C. The van der Waals surface area contributed by atoms with Crippen LogP contribution in [-0.4, -0.2) is 38.5 Å². The molecule has 1 aromatic rings. The van der Waals surface area contributed by atoms with Crippen molar-refractivity contribution in [3.8, 4) is 0 Å². The number of rotatable bonds is 8. The van der Waals surface area contributed by atoms with Gasteiger partial charge >= 0.3 is 0 Å². The summed E-state index contributed by atoms with van der Waals surface area (Å²) in [5.41, 5.74) is 5.40.